The summed E-state index contributed by atoms with van der Waals surface area (Å²) in [7, 11) is 1.14. The minimum Gasteiger partial charge on any atom is -0.464 e. The second kappa shape index (κ2) is 5.60. The maximum atomic E-state index is 11.2. The van der Waals surface area contributed by atoms with Gasteiger partial charge in [0.15, 0.2) is 0 Å². The molecule has 0 saturated carbocycles. The highest BCUT2D eigenvalue weighted by molar-refractivity contribution is 9.10. The number of hydrogen-bond donors (Lipinski definition) is 0. The SMILES string of the molecule is COC(=O)C(Cc1ccc(Br)cc1)[N+](=O)[O-]. The Balaban J connectivity index is 2.80. The van der Waals surface area contributed by atoms with Gasteiger partial charge in [0.05, 0.1) is 13.5 Å². The molecule has 0 heterocycles. The van der Waals surface area contributed by atoms with Crippen molar-refractivity contribution in [2.45, 2.75) is 12.5 Å². The van der Waals surface area contributed by atoms with Gasteiger partial charge in [-0.05, 0) is 17.7 Å². The molecule has 1 rings (SSSR count). The molecule has 1 unspecified atom stereocenters. The number of hydrogen-bond acceptors (Lipinski definition) is 4. The molecule has 0 spiro atoms. The minimum atomic E-state index is -1.34. The number of ether oxygens (including phenoxy) is 1. The number of carbonyl (C=O) groups excluding carboxylic acids is 1. The number of methoxy groups -OCH3 is 1. The fourth-order valence-corrected chi connectivity index (χ4v) is 1.49. The predicted octanol–water partition coefficient (Wildman–Crippen LogP) is 1.81. The van der Waals surface area contributed by atoms with Crippen LogP contribution in [0.25, 0.3) is 0 Å². The summed E-state index contributed by atoms with van der Waals surface area (Å²) in [5.41, 5.74) is 0.718. The lowest BCUT2D eigenvalue weighted by Crippen LogP contribution is -2.32. The van der Waals surface area contributed by atoms with Gasteiger partial charge >= 0.3 is 12.0 Å². The molecule has 1 atom stereocenters. The molecule has 0 bridgehead atoms. The standard InChI is InChI=1S/C10H10BrNO4/c1-16-10(13)9(12(14)15)6-7-2-4-8(11)5-3-7/h2-5,9H,6H2,1H3. The molecule has 5 nitrogen and oxygen atoms in total. The van der Waals surface area contributed by atoms with E-state index >= 15 is 0 Å². The summed E-state index contributed by atoms with van der Waals surface area (Å²) < 4.78 is 5.26. The Morgan fingerprint density at radius 1 is 1.50 bits per heavy atom. The first-order valence-corrected chi connectivity index (χ1v) is 5.29. The van der Waals surface area contributed by atoms with Crippen LogP contribution in [0.3, 0.4) is 0 Å². The monoisotopic (exact) mass is 287 g/mol. The van der Waals surface area contributed by atoms with Crippen LogP contribution in [-0.2, 0) is 16.0 Å². The van der Waals surface area contributed by atoms with E-state index in [9.17, 15) is 14.9 Å². The van der Waals surface area contributed by atoms with Crippen LogP contribution in [0.4, 0.5) is 0 Å². The largest absolute Gasteiger partial charge is 0.464 e. The lowest BCUT2D eigenvalue weighted by molar-refractivity contribution is -0.509. The Kier molecular flexibility index (Phi) is 4.42. The van der Waals surface area contributed by atoms with E-state index < -0.39 is 16.9 Å². The molecule has 1 aromatic carbocycles. The zero-order chi connectivity index (χ0) is 12.1. The molecule has 1 aromatic rings. The Labute approximate surface area is 101 Å². The van der Waals surface area contributed by atoms with Crippen LogP contribution in [0.1, 0.15) is 5.56 Å². The van der Waals surface area contributed by atoms with Crippen LogP contribution in [0.5, 0.6) is 0 Å². The number of nitro groups is 1. The molecule has 0 N–H and O–H groups in total. The van der Waals surface area contributed by atoms with Crippen molar-refractivity contribution < 1.29 is 14.5 Å². The Hall–Kier alpha value is -1.43. The minimum absolute atomic E-state index is 0.0347. The van der Waals surface area contributed by atoms with E-state index in [-0.39, 0.29) is 6.42 Å². The number of nitrogens with zero attached hydrogens (tertiary/aromatic N) is 1. The fourth-order valence-electron chi connectivity index (χ4n) is 1.22. The van der Waals surface area contributed by atoms with Crippen molar-refractivity contribution in [3.8, 4) is 0 Å². The zero-order valence-electron chi connectivity index (χ0n) is 8.55. The molecule has 0 fully saturated rings. The molecule has 16 heavy (non-hydrogen) atoms. The molecular weight excluding hydrogens is 278 g/mol. The van der Waals surface area contributed by atoms with Crippen molar-refractivity contribution in [3.63, 3.8) is 0 Å². The summed E-state index contributed by atoms with van der Waals surface area (Å²) in [4.78, 5) is 21.2. The molecular formula is C10H10BrNO4. The van der Waals surface area contributed by atoms with E-state index in [4.69, 9.17) is 0 Å². The van der Waals surface area contributed by atoms with Crippen molar-refractivity contribution in [1.29, 1.82) is 0 Å². The van der Waals surface area contributed by atoms with Crippen LogP contribution in [0, 0.1) is 10.1 Å². The molecule has 0 aliphatic heterocycles. The Morgan fingerprint density at radius 3 is 2.50 bits per heavy atom. The van der Waals surface area contributed by atoms with Gasteiger partial charge in [-0.3, -0.25) is 10.1 Å². The quantitative estimate of drug-likeness (QED) is 0.481. The number of benzene rings is 1. The summed E-state index contributed by atoms with van der Waals surface area (Å²) in [6, 6.07) is 5.64. The Bertz CT molecular complexity index is 390. The van der Waals surface area contributed by atoms with Gasteiger partial charge in [0, 0.05) is 9.40 Å². The molecule has 0 radical (unpaired) electrons. The van der Waals surface area contributed by atoms with Crippen LogP contribution < -0.4 is 0 Å². The van der Waals surface area contributed by atoms with Gasteiger partial charge in [-0.2, -0.15) is 0 Å². The van der Waals surface area contributed by atoms with E-state index in [1.165, 1.54) is 0 Å². The summed E-state index contributed by atoms with van der Waals surface area (Å²) in [6.07, 6.45) is 0.0347. The molecule has 0 aliphatic carbocycles. The molecule has 0 aliphatic rings. The van der Waals surface area contributed by atoms with Crippen molar-refractivity contribution in [2.24, 2.45) is 0 Å². The van der Waals surface area contributed by atoms with Gasteiger partial charge in [-0.25, -0.2) is 4.79 Å². The van der Waals surface area contributed by atoms with Crippen LogP contribution >= 0.6 is 15.9 Å². The maximum Gasteiger partial charge on any atom is 0.381 e. The summed E-state index contributed by atoms with van der Waals surface area (Å²) in [5.74, 6) is -0.826. The zero-order valence-corrected chi connectivity index (χ0v) is 10.1. The van der Waals surface area contributed by atoms with Crippen LogP contribution in [0.2, 0.25) is 0 Å². The van der Waals surface area contributed by atoms with Crippen LogP contribution in [0.15, 0.2) is 28.7 Å². The van der Waals surface area contributed by atoms with Gasteiger partial charge in [-0.15, -0.1) is 0 Å². The second-order valence-electron chi connectivity index (χ2n) is 3.15. The first kappa shape index (κ1) is 12.6. The highest BCUT2D eigenvalue weighted by Gasteiger charge is 2.30. The van der Waals surface area contributed by atoms with E-state index in [1.807, 2.05) is 0 Å². The summed E-state index contributed by atoms with van der Waals surface area (Å²) in [5, 5.41) is 10.7. The fraction of sp³-hybridized carbons (Fsp3) is 0.300. The summed E-state index contributed by atoms with van der Waals surface area (Å²) in [6.45, 7) is 0. The lowest BCUT2D eigenvalue weighted by atomic mass is 10.1. The van der Waals surface area contributed by atoms with Gasteiger partial charge in [-0.1, -0.05) is 28.1 Å². The topological polar surface area (TPSA) is 69.4 Å². The maximum absolute atomic E-state index is 11.2. The molecule has 86 valence electrons. The van der Waals surface area contributed by atoms with E-state index in [1.54, 1.807) is 24.3 Å². The third-order valence-corrected chi connectivity index (χ3v) is 2.60. The van der Waals surface area contributed by atoms with Gasteiger partial charge < -0.3 is 4.74 Å². The van der Waals surface area contributed by atoms with E-state index in [0.717, 1.165) is 17.1 Å². The smallest absolute Gasteiger partial charge is 0.381 e. The molecule has 0 aromatic heterocycles. The predicted molar refractivity (Wildman–Crippen MR) is 60.6 cm³/mol. The van der Waals surface area contributed by atoms with Crippen molar-refractivity contribution in [3.05, 3.63) is 44.4 Å². The lowest BCUT2D eigenvalue weighted by Gasteiger charge is -2.07. The number of esters is 1. The molecule has 6 heteroatoms. The third-order valence-electron chi connectivity index (χ3n) is 2.07. The van der Waals surface area contributed by atoms with Crippen molar-refractivity contribution >= 4 is 21.9 Å². The van der Waals surface area contributed by atoms with Gasteiger partial charge in [0.2, 0.25) is 0 Å². The van der Waals surface area contributed by atoms with Crippen molar-refractivity contribution in [1.82, 2.24) is 0 Å². The van der Waals surface area contributed by atoms with E-state index in [0.29, 0.717) is 0 Å². The highest BCUT2D eigenvalue weighted by atomic mass is 79.9. The third kappa shape index (κ3) is 3.30. The van der Waals surface area contributed by atoms with Gasteiger partial charge in [0.1, 0.15) is 0 Å². The van der Waals surface area contributed by atoms with E-state index in [2.05, 4.69) is 20.7 Å². The highest BCUT2D eigenvalue weighted by Crippen LogP contribution is 2.13. The summed E-state index contributed by atoms with van der Waals surface area (Å²) >= 11 is 3.26. The number of halogens is 1. The van der Waals surface area contributed by atoms with Crippen molar-refractivity contribution in [2.75, 3.05) is 7.11 Å². The first-order chi connectivity index (χ1) is 7.54. The number of carbonyl (C=O) groups is 1. The second-order valence-corrected chi connectivity index (χ2v) is 4.07. The van der Waals surface area contributed by atoms with Crippen LogP contribution in [-0.4, -0.2) is 24.0 Å². The average molecular weight is 288 g/mol. The normalized spacial score (nSPS) is 11.9. The average Bonchev–Trinajstić information content (AvgIpc) is 2.27. The Morgan fingerprint density at radius 2 is 2.06 bits per heavy atom. The van der Waals surface area contributed by atoms with Gasteiger partial charge in [0.25, 0.3) is 0 Å². The number of rotatable bonds is 4. The first-order valence-electron chi connectivity index (χ1n) is 4.50. The molecule has 0 amide bonds. The molecule has 0 saturated heterocycles.